The highest BCUT2D eigenvalue weighted by atomic mass is 32.1. The van der Waals surface area contributed by atoms with Gasteiger partial charge in [0, 0.05) is 41.2 Å². The maximum absolute atomic E-state index is 11.3. The minimum atomic E-state index is -1.01. The predicted octanol–water partition coefficient (Wildman–Crippen LogP) is 3.05. The van der Waals surface area contributed by atoms with Crippen LogP contribution in [0.4, 0.5) is 0 Å². The van der Waals surface area contributed by atoms with Gasteiger partial charge in [-0.25, -0.2) is 9.78 Å². The summed E-state index contributed by atoms with van der Waals surface area (Å²) in [7, 11) is 0. The molecule has 3 aromatic rings. The number of carboxylic acid groups (broad SMARTS) is 1. The fraction of sp³-hybridized carbons (Fsp3) is 0.458. The second-order valence-corrected chi connectivity index (χ2v) is 10.1. The normalized spacial score (nSPS) is 12.8. The minimum Gasteiger partial charge on any atom is -0.493 e. The van der Waals surface area contributed by atoms with Crippen LogP contribution in [0.2, 0.25) is 0 Å². The Morgan fingerprint density at radius 2 is 2.09 bits per heavy atom. The first-order valence-corrected chi connectivity index (χ1v) is 12.0. The number of aromatic nitrogens is 3. The topological polar surface area (TPSA) is 130 Å². The van der Waals surface area contributed by atoms with Crippen LogP contribution in [0, 0.1) is 0 Å². The summed E-state index contributed by atoms with van der Waals surface area (Å²) < 4.78 is 7.52. The molecular weight excluding hydrogens is 456 g/mol. The molecular formula is C24H32N4O5S. The molecule has 0 amide bonds. The number of hydrogen-bond acceptors (Lipinski definition) is 8. The molecule has 0 bridgehead atoms. The van der Waals surface area contributed by atoms with Crippen molar-refractivity contribution in [2.24, 2.45) is 0 Å². The zero-order chi connectivity index (χ0) is 24.9. The number of aromatic carboxylic acids is 1. The van der Waals surface area contributed by atoms with E-state index in [2.05, 4.69) is 29.2 Å². The monoisotopic (exact) mass is 488 g/mol. The fourth-order valence-electron chi connectivity index (χ4n) is 3.45. The highest BCUT2D eigenvalue weighted by Crippen LogP contribution is 2.39. The van der Waals surface area contributed by atoms with Gasteiger partial charge in [-0.05, 0) is 31.5 Å². The molecule has 1 aromatic carbocycles. The van der Waals surface area contributed by atoms with Crippen molar-refractivity contribution in [1.29, 1.82) is 0 Å². The van der Waals surface area contributed by atoms with Gasteiger partial charge in [0.05, 0.1) is 37.3 Å². The molecule has 0 atom stereocenters. The SMILES string of the molecule is CC(C)(O)Cn1cc(-c2ccc3c(c2)-c2nc(C(=O)O)sc2CCO3)cn1.CC(C)NCCO. The van der Waals surface area contributed by atoms with Crippen molar-refractivity contribution in [2.75, 3.05) is 19.8 Å². The zero-order valence-corrected chi connectivity index (χ0v) is 20.7. The average Bonchev–Trinajstić information content (AvgIpc) is 3.35. The van der Waals surface area contributed by atoms with E-state index in [-0.39, 0.29) is 11.6 Å². The molecule has 3 heterocycles. The summed E-state index contributed by atoms with van der Waals surface area (Å²) in [5.41, 5.74) is 2.45. The van der Waals surface area contributed by atoms with Crippen LogP contribution in [0.5, 0.6) is 5.75 Å². The summed E-state index contributed by atoms with van der Waals surface area (Å²) in [4.78, 5) is 16.5. The minimum absolute atomic E-state index is 0.0937. The molecule has 1 aliphatic rings. The van der Waals surface area contributed by atoms with Gasteiger partial charge in [-0.2, -0.15) is 5.10 Å². The maximum Gasteiger partial charge on any atom is 0.365 e. The molecule has 0 fully saturated rings. The van der Waals surface area contributed by atoms with Crippen LogP contribution in [0.3, 0.4) is 0 Å². The molecule has 0 saturated carbocycles. The standard InChI is InChI=1S/C19H19N3O4S.C5H13NO/c1-19(2,25)10-22-9-12(8-20-22)11-3-4-14-13(7-11)16-15(5-6-26-14)27-17(21-16)18(23)24;1-5(2)6-3-4-7/h3-4,7-9,25H,5-6,10H2,1-2H3,(H,23,24);5-7H,3-4H2,1-2H3. The molecule has 4 rings (SSSR count). The smallest absolute Gasteiger partial charge is 0.365 e. The van der Waals surface area contributed by atoms with Crippen molar-refractivity contribution in [3.05, 3.63) is 40.5 Å². The lowest BCUT2D eigenvalue weighted by Gasteiger charge is -2.16. The number of nitrogens with zero attached hydrogens (tertiary/aromatic N) is 3. The van der Waals surface area contributed by atoms with E-state index in [1.54, 1.807) is 24.7 Å². The highest BCUT2D eigenvalue weighted by molar-refractivity contribution is 7.14. The molecule has 4 N–H and O–H groups in total. The third-order valence-corrected chi connectivity index (χ3v) is 5.98. The van der Waals surface area contributed by atoms with Gasteiger partial charge >= 0.3 is 5.97 Å². The van der Waals surface area contributed by atoms with Gasteiger partial charge in [0.1, 0.15) is 5.75 Å². The van der Waals surface area contributed by atoms with Crippen LogP contribution in [-0.4, -0.2) is 67.5 Å². The van der Waals surface area contributed by atoms with Crippen LogP contribution in [-0.2, 0) is 13.0 Å². The third kappa shape index (κ3) is 6.86. The summed E-state index contributed by atoms with van der Waals surface area (Å²) in [5, 5.41) is 34.9. The lowest BCUT2D eigenvalue weighted by atomic mass is 10.0. The number of rotatable bonds is 7. The van der Waals surface area contributed by atoms with Crippen LogP contribution < -0.4 is 10.1 Å². The lowest BCUT2D eigenvalue weighted by molar-refractivity contribution is 0.0577. The van der Waals surface area contributed by atoms with Crippen molar-refractivity contribution < 1.29 is 24.9 Å². The summed E-state index contributed by atoms with van der Waals surface area (Å²) >= 11 is 1.20. The van der Waals surface area contributed by atoms with Crippen LogP contribution in [0.15, 0.2) is 30.6 Å². The van der Waals surface area contributed by atoms with E-state index in [0.29, 0.717) is 43.6 Å². The first-order valence-electron chi connectivity index (χ1n) is 11.2. The summed E-state index contributed by atoms with van der Waals surface area (Å²) in [6.45, 7) is 9.39. The Labute approximate surface area is 203 Å². The zero-order valence-electron chi connectivity index (χ0n) is 19.9. The first kappa shape index (κ1) is 25.8. The van der Waals surface area contributed by atoms with E-state index < -0.39 is 11.6 Å². The molecule has 0 spiro atoms. The number of carbonyl (C=O) groups is 1. The number of ether oxygens (including phenoxy) is 1. The van der Waals surface area contributed by atoms with Gasteiger partial charge in [-0.1, -0.05) is 19.9 Å². The molecule has 0 radical (unpaired) electrons. The van der Waals surface area contributed by atoms with E-state index in [9.17, 15) is 15.0 Å². The number of aliphatic hydroxyl groups excluding tert-OH is 1. The second-order valence-electron chi connectivity index (χ2n) is 8.98. The third-order valence-electron chi connectivity index (χ3n) is 4.88. The van der Waals surface area contributed by atoms with Crippen LogP contribution in [0.25, 0.3) is 22.4 Å². The van der Waals surface area contributed by atoms with Gasteiger partial charge in [0.15, 0.2) is 0 Å². The van der Waals surface area contributed by atoms with Gasteiger partial charge in [-0.3, -0.25) is 4.68 Å². The Morgan fingerprint density at radius 1 is 1.32 bits per heavy atom. The largest absolute Gasteiger partial charge is 0.493 e. The number of hydrogen-bond donors (Lipinski definition) is 4. The predicted molar refractivity (Wildman–Crippen MR) is 131 cm³/mol. The Hall–Kier alpha value is -2.79. The van der Waals surface area contributed by atoms with Crippen molar-refractivity contribution >= 4 is 17.3 Å². The highest BCUT2D eigenvalue weighted by Gasteiger charge is 2.23. The maximum atomic E-state index is 11.3. The van der Waals surface area contributed by atoms with Crippen LogP contribution >= 0.6 is 11.3 Å². The van der Waals surface area contributed by atoms with E-state index in [0.717, 1.165) is 21.6 Å². The van der Waals surface area contributed by atoms with E-state index in [4.69, 9.17) is 9.84 Å². The molecule has 34 heavy (non-hydrogen) atoms. The number of aliphatic hydroxyl groups is 2. The van der Waals surface area contributed by atoms with Crippen molar-refractivity contribution in [3.8, 4) is 28.1 Å². The average molecular weight is 489 g/mol. The van der Waals surface area contributed by atoms with Crippen molar-refractivity contribution in [2.45, 2.75) is 52.3 Å². The first-order chi connectivity index (χ1) is 16.1. The van der Waals surface area contributed by atoms with Crippen molar-refractivity contribution in [3.63, 3.8) is 0 Å². The van der Waals surface area contributed by atoms with Crippen LogP contribution in [0.1, 0.15) is 42.4 Å². The molecule has 1 aliphatic heterocycles. The van der Waals surface area contributed by atoms with Gasteiger partial charge in [0.25, 0.3) is 0 Å². The molecule has 0 aliphatic carbocycles. The van der Waals surface area contributed by atoms with E-state index in [1.807, 2.05) is 24.4 Å². The molecule has 184 valence electrons. The van der Waals surface area contributed by atoms with Gasteiger partial charge in [0.2, 0.25) is 5.01 Å². The lowest BCUT2D eigenvalue weighted by Crippen LogP contribution is -2.26. The van der Waals surface area contributed by atoms with E-state index >= 15 is 0 Å². The fourth-order valence-corrected chi connectivity index (χ4v) is 4.34. The number of carboxylic acids is 1. The Bertz CT molecular complexity index is 1120. The Morgan fingerprint density at radius 3 is 2.71 bits per heavy atom. The van der Waals surface area contributed by atoms with Gasteiger partial charge < -0.3 is 25.4 Å². The Kier molecular flexibility index (Phi) is 8.42. The summed E-state index contributed by atoms with van der Waals surface area (Å²) in [6.07, 6.45) is 4.26. The molecule has 9 nitrogen and oxygen atoms in total. The Balaban J connectivity index is 0.000000406. The summed E-state index contributed by atoms with van der Waals surface area (Å²) in [5.74, 6) is -0.316. The van der Waals surface area contributed by atoms with E-state index in [1.165, 1.54) is 11.3 Å². The second kappa shape index (κ2) is 11.1. The summed E-state index contributed by atoms with van der Waals surface area (Å²) in [6, 6.07) is 6.27. The van der Waals surface area contributed by atoms with Crippen molar-refractivity contribution in [1.82, 2.24) is 20.1 Å². The molecule has 10 heteroatoms. The number of fused-ring (bicyclic) bond motifs is 3. The number of benzene rings is 1. The quantitative estimate of drug-likeness (QED) is 0.399. The molecule has 0 saturated heterocycles. The molecule has 0 unspecified atom stereocenters. The molecule has 2 aromatic heterocycles. The number of thiazole rings is 1. The number of nitrogens with one attached hydrogen (secondary N) is 1. The van der Waals surface area contributed by atoms with Gasteiger partial charge in [-0.15, -0.1) is 11.3 Å².